The van der Waals surface area contributed by atoms with Crippen molar-refractivity contribution in [3.63, 3.8) is 0 Å². The normalized spacial score (nSPS) is 10.7. The fourth-order valence-corrected chi connectivity index (χ4v) is 2.41. The van der Waals surface area contributed by atoms with Crippen molar-refractivity contribution in [3.8, 4) is 0 Å². The van der Waals surface area contributed by atoms with E-state index in [1.165, 1.54) is 6.07 Å². The van der Waals surface area contributed by atoms with Crippen molar-refractivity contribution in [3.05, 3.63) is 70.1 Å². The van der Waals surface area contributed by atoms with Gasteiger partial charge in [-0.1, -0.05) is 31.2 Å². The first-order valence-electron chi connectivity index (χ1n) is 7.31. The highest BCUT2D eigenvalue weighted by molar-refractivity contribution is 6.05. The lowest BCUT2D eigenvalue weighted by molar-refractivity contribution is 0.102. The Morgan fingerprint density at radius 2 is 1.96 bits per heavy atom. The Bertz CT molecular complexity index is 944. The number of anilines is 2. The number of carbonyl (C=O) groups is 1. The lowest BCUT2D eigenvalue weighted by atomic mass is 10.1. The van der Waals surface area contributed by atoms with E-state index in [9.17, 15) is 9.59 Å². The summed E-state index contributed by atoms with van der Waals surface area (Å²) in [5.74, 6) is -0.520. The second kappa shape index (κ2) is 5.96. The highest BCUT2D eigenvalue weighted by Gasteiger charge is 2.14. The average molecular weight is 308 g/mol. The third-order valence-corrected chi connectivity index (χ3v) is 3.67. The number of carbonyl (C=O) groups excluding carboxylic acids is 1. The summed E-state index contributed by atoms with van der Waals surface area (Å²) < 4.78 is 5.17. The SMILES string of the molecule is CCc1ccc(NC(=O)c2cc3ccccc3oc2=O)cc1N. The van der Waals surface area contributed by atoms with E-state index in [-0.39, 0.29) is 5.56 Å². The zero-order valence-corrected chi connectivity index (χ0v) is 12.6. The average Bonchev–Trinajstić information content (AvgIpc) is 2.54. The van der Waals surface area contributed by atoms with Gasteiger partial charge in [0.1, 0.15) is 11.1 Å². The molecule has 3 rings (SSSR count). The Hall–Kier alpha value is -3.08. The quantitative estimate of drug-likeness (QED) is 0.575. The molecule has 0 spiro atoms. The van der Waals surface area contributed by atoms with Crippen LogP contribution in [0, 0.1) is 0 Å². The van der Waals surface area contributed by atoms with Gasteiger partial charge < -0.3 is 15.5 Å². The smallest absolute Gasteiger partial charge is 0.349 e. The monoisotopic (exact) mass is 308 g/mol. The molecule has 5 nitrogen and oxygen atoms in total. The molecule has 0 aliphatic rings. The van der Waals surface area contributed by atoms with Gasteiger partial charge in [-0.25, -0.2) is 4.79 Å². The Morgan fingerprint density at radius 1 is 1.17 bits per heavy atom. The van der Waals surface area contributed by atoms with Gasteiger partial charge in [-0.2, -0.15) is 0 Å². The van der Waals surface area contributed by atoms with Crippen molar-refractivity contribution in [2.45, 2.75) is 13.3 Å². The molecular weight excluding hydrogens is 292 g/mol. The molecule has 0 saturated carbocycles. The maximum Gasteiger partial charge on any atom is 0.349 e. The van der Waals surface area contributed by atoms with Crippen LogP contribution in [0.1, 0.15) is 22.8 Å². The van der Waals surface area contributed by atoms with Gasteiger partial charge in [-0.3, -0.25) is 4.79 Å². The van der Waals surface area contributed by atoms with Crippen LogP contribution in [0.3, 0.4) is 0 Å². The summed E-state index contributed by atoms with van der Waals surface area (Å²) in [7, 11) is 0. The van der Waals surface area contributed by atoms with Crippen molar-refractivity contribution in [2.24, 2.45) is 0 Å². The van der Waals surface area contributed by atoms with Crippen molar-refractivity contribution < 1.29 is 9.21 Å². The van der Waals surface area contributed by atoms with Crippen LogP contribution in [-0.2, 0) is 6.42 Å². The molecule has 116 valence electrons. The van der Waals surface area contributed by atoms with Crippen LogP contribution in [0.25, 0.3) is 11.0 Å². The van der Waals surface area contributed by atoms with E-state index in [2.05, 4.69) is 5.32 Å². The first-order valence-corrected chi connectivity index (χ1v) is 7.31. The minimum Gasteiger partial charge on any atom is -0.422 e. The Kier molecular flexibility index (Phi) is 3.85. The minimum absolute atomic E-state index is 0.0400. The Balaban J connectivity index is 1.93. The summed E-state index contributed by atoms with van der Waals surface area (Å²) in [6.07, 6.45) is 0.814. The van der Waals surface area contributed by atoms with Crippen LogP contribution in [0.15, 0.2) is 57.7 Å². The third kappa shape index (κ3) is 2.94. The van der Waals surface area contributed by atoms with Gasteiger partial charge in [-0.15, -0.1) is 0 Å². The number of hydrogen-bond acceptors (Lipinski definition) is 4. The number of rotatable bonds is 3. The lowest BCUT2D eigenvalue weighted by Crippen LogP contribution is -2.20. The predicted octanol–water partition coefficient (Wildman–Crippen LogP) is 3.19. The maximum atomic E-state index is 12.3. The van der Waals surface area contributed by atoms with Crippen molar-refractivity contribution in [2.75, 3.05) is 11.1 Å². The lowest BCUT2D eigenvalue weighted by Gasteiger charge is -2.08. The second-order valence-corrected chi connectivity index (χ2v) is 5.21. The van der Waals surface area contributed by atoms with Crippen LogP contribution < -0.4 is 16.7 Å². The topological polar surface area (TPSA) is 85.3 Å². The summed E-state index contributed by atoms with van der Waals surface area (Å²) in [6, 6.07) is 13.9. The van der Waals surface area contributed by atoms with Crippen LogP contribution in [0.4, 0.5) is 11.4 Å². The second-order valence-electron chi connectivity index (χ2n) is 5.21. The van der Waals surface area contributed by atoms with E-state index in [0.29, 0.717) is 22.3 Å². The molecule has 0 aliphatic carbocycles. The molecule has 0 atom stereocenters. The van der Waals surface area contributed by atoms with Crippen LogP contribution >= 0.6 is 0 Å². The van der Waals surface area contributed by atoms with E-state index in [4.69, 9.17) is 10.2 Å². The number of nitrogen functional groups attached to an aromatic ring is 1. The Labute approximate surface area is 132 Å². The van der Waals surface area contributed by atoms with E-state index in [0.717, 1.165) is 12.0 Å². The zero-order valence-electron chi connectivity index (χ0n) is 12.6. The highest BCUT2D eigenvalue weighted by Crippen LogP contribution is 2.19. The number of nitrogens with one attached hydrogen (secondary N) is 1. The van der Waals surface area contributed by atoms with E-state index < -0.39 is 11.5 Å². The highest BCUT2D eigenvalue weighted by atomic mass is 16.4. The molecule has 0 bridgehead atoms. The van der Waals surface area contributed by atoms with Crippen LogP contribution in [0.5, 0.6) is 0 Å². The standard InChI is InChI=1S/C18H16N2O3/c1-2-11-7-8-13(10-15(11)19)20-17(21)14-9-12-5-3-4-6-16(12)23-18(14)22/h3-10H,2,19H2,1H3,(H,20,21). The number of fused-ring (bicyclic) bond motifs is 1. The van der Waals surface area contributed by atoms with Gasteiger partial charge in [-0.05, 0) is 36.2 Å². The van der Waals surface area contributed by atoms with E-state index >= 15 is 0 Å². The molecule has 5 heteroatoms. The number of benzene rings is 2. The minimum atomic E-state index is -0.667. The van der Waals surface area contributed by atoms with Crippen molar-refractivity contribution in [1.29, 1.82) is 0 Å². The number of hydrogen-bond donors (Lipinski definition) is 2. The molecule has 1 aromatic heterocycles. The van der Waals surface area contributed by atoms with Gasteiger partial charge in [0.05, 0.1) is 0 Å². The molecule has 1 amide bonds. The molecule has 1 heterocycles. The van der Waals surface area contributed by atoms with Crippen LogP contribution in [-0.4, -0.2) is 5.91 Å². The molecule has 0 radical (unpaired) electrons. The van der Waals surface area contributed by atoms with Crippen molar-refractivity contribution >= 4 is 28.3 Å². The first kappa shape index (κ1) is 14.8. The number of nitrogens with two attached hydrogens (primary N) is 1. The zero-order chi connectivity index (χ0) is 16.4. The number of amides is 1. The number of aryl methyl sites for hydroxylation is 1. The van der Waals surface area contributed by atoms with Gasteiger partial charge in [0.25, 0.3) is 5.91 Å². The summed E-state index contributed by atoms with van der Waals surface area (Å²) in [6.45, 7) is 2.00. The molecular formula is C18H16N2O3. The third-order valence-electron chi connectivity index (χ3n) is 3.67. The molecule has 0 fully saturated rings. The van der Waals surface area contributed by atoms with Gasteiger partial charge in [0.2, 0.25) is 0 Å². The van der Waals surface area contributed by atoms with Gasteiger partial charge in [0.15, 0.2) is 0 Å². The summed E-state index contributed by atoms with van der Waals surface area (Å²) >= 11 is 0. The molecule has 0 unspecified atom stereocenters. The van der Waals surface area contributed by atoms with Crippen LogP contribution in [0.2, 0.25) is 0 Å². The van der Waals surface area contributed by atoms with E-state index in [1.54, 1.807) is 30.3 Å². The largest absolute Gasteiger partial charge is 0.422 e. The fourth-order valence-electron chi connectivity index (χ4n) is 2.41. The van der Waals surface area contributed by atoms with Gasteiger partial charge >= 0.3 is 5.63 Å². The van der Waals surface area contributed by atoms with Gasteiger partial charge in [0, 0.05) is 16.8 Å². The molecule has 2 aromatic carbocycles. The first-order chi connectivity index (χ1) is 11.1. The molecule has 23 heavy (non-hydrogen) atoms. The molecule has 0 saturated heterocycles. The summed E-state index contributed by atoms with van der Waals surface area (Å²) in [5.41, 5.74) is 7.82. The number of para-hydroxylation sites is 1. The summed E-state index contributed by atoms with van der Waals surface area (Å²) in [5, 5.41) is 3.37. The van der Waals surface area contributed by atoms with E-state index in [1.807, 2.05) is 19.1 Å². The summed E-state index contributed by atoms with van der Waals surface area (Å²) in [4.78, 5) is 24.3. The predicted molar refractivity (Wildman–Crippen MR) is 90.7 cm³/mol. The van der Waals surface area contributed by atoms with Crippen molar-refractivity contribution in [1.82, 2.24) is 0 Å². The molecule has 0 aliphatic heterocycles. The maximum absolute atomic E-state index is 12.3. The Morgan fingerprint density at radius 3 is 2.70 bits per heavy atom. The fraction of sp³-hybridized carbons (Fsp3) is 0.111. The molecule has 3 N–H and O–H groups in total. The molecule has 3 aromatic rings.